The predicted octanol–water partition coefficient (Wildman–Crippen LogP) is 1.09. The van der Waals surface area contributed by atoms with Crippen molar-refractivity contribution in [2.45, 2.75) is 0 Å². The fourth-order valence-electron chi connectivity index (χ4n) is 1.41. The molecule has 96 valence electrons. The smallest absolute Gasteiger partial charge is 0.343 e. The van der Waals surface area contributed by atoms with E-state index in [1.165, 1.54) is 0 Å². The Morgan fingerprint density at radius 3 is 2.33 bits per heavy atom. The van der Waals surface area contributed by atoms with E-state index in [4.69, 9.17) is 9.84 Å². The minimum Gasteiger partial charge on any atom is -0.490 e. The monoisotopic (exact) mass is 255 g/mol. The maximum Gasteiger partial charge on any atom is 0.343 e. The number of hydrogen-bond donors (Lipinski definition) is 1. The van der Waals surface area contributed by atoms with Gasteiger partial charge in [-0.05, 0) is 12.1 Å². The summed E-state index contributed by atoms with van der Waals surface area (Å²) in [6, 6.07) is 2.23. The average Bonchev–Trinajstić information content (AvgIpc) is 2.35. The van der Waals surface area contributed by atoms with Crippen molar-refractivity contribution in [2.24, 2.45) is 0 Å². The Kier molecular flexibility index (Phi) is 3.82. The number of carboxylic acid groups (broad SMARTS) is 1. The number of carbonyl (C=O) groups is 2. The van der Waals surface area contributed by atoms with E-state index in [9.17, 15) is 19.7 Å². The molecule has 1 N–H and O–H groups in total. The molecule has 0 unspecified atom stereocenters. The first kappa shape index (κ1) is 13.4. The summed E-state index contributed by atoms with van der Waals surface area (Å²) in [6.45, 7) is 0. The van der Waals surface area contributed by atoms with Gasteiger partial charge < -0.3 is 14.6 Å². The molecular weight excluding hydrogens is 246 g/mol. The second-order valence-corrected chi connectivity index (χ2v) is 3.09. The topological polar surface area (TPSA) is 116 Å². The van der Waals surface area contributed by atoms with Crippen molar-refractivity contribution < 1.29 is 29.1 Å². The van der Waals surface area contributed by atoms with Gasteiger partial charge in [-0.15, -0.1) is 0 Å². The third-order valence-electron chi connectivity index (χ3n) is 2.16. The van der Waals surface area contributed by atoms with Crippen molar-refractivity contribution in [3.05, 3.63) is 33.4 Å². The molecule has 8 heteroatoms. The number of aromatic carboxylic acids is 1. The number of ether oxygens (including phenoxy) is 2. The third-order valence-corrected chi connectivity index (χ3v) is 2.16. The van der Waals surface area contributed by atoms with Crippen LogP contribution in [0, 0.1) is 10.1 Å². The minimum absolute atomic E-state index is 0.245. The number of nitro groups is 1. The molecule has 0 saturated heterocycles. The number of nitrogens with zero attached hydrogens (tertiary/aromatic N) is 1. The van der Waals surface area contributed by atoms with Gasteiger partial charge in [0.1, 0.15) is 0 Å². The Hall–Kier alpha value is -2.64. The zero-order valence-corrected chi connectivity index (χ0v) is 9.50. The number of esters is 1. The van der Waals surface area contributed by atoms with Gasteiger partial charge in [-0.3, -0.25) is 10.1 Å². The van der Waals surface area contributed by atoms with Crippen molar-refractivity contribution in [1.29, 1.82) is 0 Å². The van der Waals surface area contributed by atoms with Crippen molar-refractivity contribution in [2.75, 3.05) is 14.2 Å². The summed E-state index contributed by atoms with van der Waals surface area (Å²) in [5.41, 5.74) is -1.95. The molecular formula is C10H9NO7. The zero-order valence-electron chi connectivity index (χ0n) is 9.50. The third kappa shape index (κ3) is 2.21. The Balaban J connectivity index is 3.67. The highest BCUT2D eigenvalue weighted by atomic mass is 16.6. The van der Waals surface area contributed by atoms with Crippen LogP contribution < -0.4 is 4.74 Å². The van der Waals surface area contributed by atoms with E-state index < -0.39 is 33.7 Å². The maximum absolute atomic E-state index is 11.4. The quantitative estimate of drug-likeness (QED) is 0.486. The molecule has 18 heavy (non-hydrogen) atoms. The molecule has 0 aliphatic carbocycles. The summed E-state index contributed by atoms with van der Waals surface area (Å²) in [7, 11) is 2.20. The van der Waals surface area contributed by atoms with Crippen LogP contribution in [0.1, 0.15) is 20.7 Å². The van der Waals surface area contributed by atoms with Crippen LogP contribution in [0.15, 0.2) is 12.1 Å². The number of rotatable bonds is 4. The van der Waals surface area contributed by atoms with E-state index in [0.717, 1.165) is 26.4 Å². The first-order chi connectivity index (χ1) is 8.43. The number of hydrogen-bond acceptors (Lipinski definition) is 6. The molecule has 0 heterocycles. The lowest BCUT2D eigenvalue weighted by Gasteiger charge is -2.08. The van der Waals surface area contributed by atoms with E-state index in [0.29, 0.717) is 0 Å². The predicted molar refractivity (Wildman–Crippen MR) is 57.9 cm³/mol. The molecule has 0 bridgehead atoms. The maximum atomic E-state index is 11.4. The lowest BCUT2D eigenvalue weighted by Crippen LogP contribution is -2.13. The Morgan fingerprint density at radius 2 is 1.94 bits per heavy atom. The average molecular weight is 255 g/mol. The molecule has 0 saturated carbocycles. The number of benzene rings is 1. The number of methoxy groups -OCH3 is 2. The van der Waals surface area contributed by atoms with Gasteiger partial charge >= 0.3 is 17.6 Å². The van der Waals surface area contributed by atoms with Crippen LogP contribution in [-0.4, -0.2) is 36.2 Å². The Morgan fingerprint density at radius 1 is 1.33 bits per heavy atom. The van der Waals surface area contributed by atoms with Gasteiger partial charge in [-0.25, -0.2) is 9.59 Å². The van der Waals surface area contributed by atoms with Crippen molar-refractivity contribution >= 4 is 17.6 Å². The fourth-order valence-corrected chi connectivity index (χ4v) is 1.41. The minimum atomic E-state index is -1.61. The number of nitro benzene ring substituents is 1. The highest BCUT2D eigenvalue weighted by Crippen LogP contribution is 2.33. The lowest BCUT2D eigenvalue weighted by molar-refractivity contribution is -0.386. The first-order valence-corrected chi connectivity index (χ1v) is 4.61. The summed E-state index contributed by atoms with van der Waals surface area (Å²) in [5.74, 6) is -2.83. The highest BCUT2D eigenvalue weighted by molar-refractivity contribution is 6.06. The molecule has 0 spiro atoms. The van der Waals surface area contributed by atoms with Crippen LogP contribution in [0.5, 0.6) is 5.75 Å². The van der Waals surface area contributed by atoms with E-state index in [-0.39, 0.29) is 5.75 Å². The van der Waals surface area contributed by atoms with Crippen LogP contribution in [0.3, 0.4) is 0 Å². The van der Waals surface area contributed by atoms with Gasteiger partial charge in [0.25, 0.3) is 0 Å². The molecule has 0 fully saturated rings. The van der Waals surface area contributed by atoms with E-state index >= 15 is 0 Å². The summed E-state index contributed by atoms with van der Waals surface area (Å²) < 4.78 is 9.08. The molecule has 1 aromatic rings. The number of carboxylic acids is 1. The van der Waals surface area contributed by atoms with Gasteiger partial charge in [-0.2, -0.15) is 0 Å². The van der Waals surface area contributed by atoms with Gasteiger partial charge in [0, 0.05) is 0 Å². The van der Waals surface area contributed by atoms with Gasteiger partial charge in [0.15, 0.2) is 11.3 Å². The van der Waals surface area contributed by atoms with Crippen LogP contribution in [0.4, 0.5) is 5.69 Å². The zero-order chi connectivity index (χ0) is 13.9. The summed E-state index contributed by atoms with van der Waals surface area (Å²) in [4.78, 5) is 32.4. The summed E-state index contributed by atoms with van der Waals surface area (Å²) in [5, 5.41) is 19.9. The van der Waals surface area contributed by atoms with Crippen LogP contribution >= 0.6 is 0 Å². The van der Waals surface area contributed by atoms with Gasteiger partial charge in [0.2, 0.25) is 0 Å². The first-order valence-electron chi connectivity index (χ1n) is 4.61. The molecule has 1 aromatic carbocycles. The van der Waals surface area contributed by atoms with E-state index in [2.05, 4.69) is 4.74 Å². The van der Waals surface area contributed by atoms with Gasteiger partial charge in [-0.1, -0.05) is 0 Å². The largest absolute Gasteiger partial charge is 0.490 e. The standard InChI is InChI=1S/C10H9NO7/c1-17-6-4-3-5(10(14)18-2)7(9(12)13)8(6)11(15)16/h3-4H,1-2H3,(H,12,13). The SMILES string of the molecule is COC(=O)c1ccc(OC)c([N+](=O)[O-])c1C(=O)O. The molecule has 1 rings (SSSR count). The number of carbonyl (C=O) groups excluding carboxylic acids is 1. The normalized spacial score (nSPS) is 9.67. The van der Waals surface area contributed by atoms with Crippen LogP contribution in [0.2, 0.25) is 0 Å². The van der Waals surface area contributed by atoms with E-state index in [1.54, 1.807) is 0 Å². The molecule has 0 aliphatic heterocycles. The summed E-state index contributed by atoms with van der Waals surface area (Å²) in [6.07, 6.45) is 0. The highest BCUT2D eigenvalue weighted by Gasteiger charge is 2.31. The van der Waals surface area contributed by atoms with E-state index in [1.807, 2.05) is 0 Å². The fraction of sp³-hybridized carbons (Fsp3) is 0.200. The van der Waals surface area contributed by atoms with Crippen molar-refractivity contribution in [1.82, 2.24) is 0 Å². The Bertz CT molecular complexity index is 523. The van der Waals surface area contributed by atoms with Crippen LogP contribution in [0.25, 0.3) is 0 Å². The van der Waals surface area contributed by atoms with Gasteiger partial charge in [0.05, 0.1) is 24.7 Å². The van der Waals surface area contributed by atoms with Crippen molar-refractivity contribution in [3.8, 4) is 5.75 Å². The van der Waals surface area contributed by atoms with Crippen LogP contribution in [-0.2, 0) is 4.74 Å². The molecule has 0 aromatic heterocycles. The summed E-state index contributed by atoms with van der Waals surface area (Å²) >= 11 is 0. The lowest BCUT2D eigenvalue weighted by atomic mass is 10.0. The van der Waals surface area contributed by atoms with Crippen molar-refractivity contribution in [3.63, 3.8) is 0 Å². The Labute approximate surface area is 101 Å². The molecule has 0 atom stereocenters. The molecule has 8 nitrogen and oxygen atoms in total. The molecule has 0 amide bonds. The second kappa shape index (κ2) is 5.13. The molecule has 0 aliphatic rings. The second-order valence-electron chi connectivity index (χ2n) is 3.09. The molecule has 0 radical (unpaired) electrons.